The van der Waals surface area contributed by atoms with Gasteiger partial charge in [0.05, 0.1) is 22.0 Å². The van der Waals surface area contributed by atoms with Gasteiger partial charge in [-0.15, -0.1) is 0 Å². The average molecular weight is 434 g/mol. The predicted octanol–water partition coefficient (Wildman–Crippen LogP) is 5.11. The zero-order valence-corrected chi connectivity index (χ0v) is 16.3. The van der Waals surface area contributed by atoms with Gasteiger partial charge in [0.25, 0.3) is 0 Å². The molecule has 0 spiro atoms. The first-order valence-corrected chi connectivity index (χ1v) is 9.08. The summed E-state index contributed by atoms with van der Waals surface area (Å²) in [6.45, 7) is 1.73. The largest absolute Gasteiger partial charge is 0.402 e. The van der Waals surface area contributed by atoms with E-state index in [4.69, 9.17) is 27.9 Å². The molecule has 1 aliphatic heterocycles. The highest BCUT2D eigenvalue weighted by Crippen LogP contribution is 2.29. The van der Waals surface area contributed by atoms with Crippen molar-refractivity contribution in [3.05, 3.63) is 86.8 Å². The summed E-state index contributed by atoms with van der Waals surface area (Å²) < 4.78 is 33.4. The summed E-state index contributed by atoms with van der Waals surface area (Å²) in [6.07, 6.45) is 1.42. The molecule has 0 saturated heterocycles. The second-order valence-corrected chi connectivity index (χ2v) is 6.88. The van der Waals surface area contributed by atoms with E-state index in [1.165, 1.54) is 10.8 Å². The van der Waals surface area contributed by atoms with Gasteiger partial charge in [0, 0.05) is 5.56 Å². The number of hydrogen-bond acceptors (Lipinski definition) is 4. The number of nitrogens with zero attached hydrogens (tertiary/aromatic N) is 3. The van der Waals surface area contributed by atoms with Crippen molar-refractivity contribution in [2.45, 2.75) is 6.92 Å². The van der Waals surface area contributed by atoms with Gasteiger partial charge in [0.15, 0.2) is 17.3 Å². The Morgan fingerprint density at radius 1 is 1.10 bits per heavy atom. The predicted molar refractivity (Wildman–Crippen MR) is 105 cm³/mol. The van der Waals surface area contributed by atoms with Crippen LogP contribution in [-0.4, -0.2) is 21.6 Å². The van der Waals surface area contributed by atoms with Gasteiger partial charge in [-0.1, -0.05) is 41.4 Å². The normalized spacial score (nSPS) is 15.0. The molecule has 1 aromatic heterocycles. The third-order valence-corrected chi connectivity index (χ3v) is 4.87. The summed E-state index contributed by atoms with van der Waals surface area (Å²) in [4.78, 5) is 16.3. The fourth-order valence-corrected chi connectivity index (χ4v) is 3.32. The molecule has 0 atom stereocenters. The molecule has 1 aliphatic rings. The van der Waals surface area contributed by atoms with E-state index in [9.17, 15) is 13.6 Å². The zero-order valence-electron chi connectivity index (χ0n) is 14.8. The Morgan fingerprint density at radius 3 is 2.52 bits per heavy atom. The molecule has 9 heteroatoms. The number of halogens is 4. The van der Waals surface area contributed by atoms with Crippen molar-refractivity contribution >= 4 is 41.1 Å². The number of esters is 1. The van der Waals surface area contributed by atoms with Crippen LogP contribution in [0.5, 0.6) is 0 Å². The molecule has 0 amide bonds. The summed E-state index contributed by atoms with van der Waals surface area (Å²) in [6, 6.07) is 10.8. The minimum absolute atomic E-state index is 0.0369. The number of carbonyl (C=O) groups excluding carboxylic acids is 1. The highest BCUT2D eigenvalue weighted by atomic mass is 35.5. The van der Waals surface area contributed by atoms with Crippen LogP contribution in [0.25, 0.3) is 11.8 Å². The van der Waals surface area contributed by atoms with Crippen LogP contribution in [0.1, 0.15) is 16.8 Å². The lowest BCUT2D eigenvalue weighted by Gasteiger charge is -2.03. The molecule has 146 valence electrons. The molecule has 2 heterocycles. The monoisotopic (exact) mass is 433 g/mol. The van der Waals surface area contributed by atoms with E-state index in [0.717, 1.165) is 17.8 Å². The number of ether oxygens (including phenoxy) is 1. The maximum atomic E-state index is 13.6. The van der Waals surface area contributed by atoms with Crippen molar-refractivity contribution in [1.29, 1.82) is 0 Å². The van der Waals surface area contributed by atoms with Crippen molar-refractivity contribution in [2.75, 3.05) is 0 Å². The number of aryl methyl sites for hydroxylation is 1. The zero-order chi connectivity index (χ0) is 20.7. The number of aliphatic imine (C=N–C) groups is 1. The van der Waals surface area contributed by atoms with Crippen LogP contribution >= 0.6 is 23.2 Å². The van der Waals surface area contributed by atoms with Gasteiger partial charge in [-0.05, 0) is 37.3 Å². The molecule has 29 heavy (non-hydrogen) atoms. The van der Waals surface area contributed by atoms with Crippen molar-refractivity contribution < 1.29 is 18.3 Å². The van der Waals surface area contributed by atoms with Crippen molar-refractivity contribution in [3.63, 3.8) is 0 Å². The van der Waals surface area contributed by atoms with E-state index >= 15 is 0 Å². The number of para-hydroxylation sites is 1. The van der Waals surface area contributed by atoms with Gasteiger partial charge in [-0.2, -0.15) is 5.10 Å². The van der Waals surface area contributed by atoms with Crippen molar-refractivity contribution in [1.82, 2.24) is 9.78 Å². The summed E-state index contributed by atoms with van der Waals surface area (Å²) in [5, 5.41) is 4.53. The van der Waals surface area contributed by atoms with Gasteiger partial charge in [0.2, 0.25) is 5.90 Å². The fourth-order valence-electron chi connectivity index (χ4n) is 2.76. The molecular weight excluding hydrogens is 423 g/mol. The first kappa shape index (κ1) is 19.3. The lowest BCUT2D eigenvalue weighted by molar-refractivity contribution is -0.129. The topological polar surface area (TPSA) is 56.5 Å². The van der Waals surface area contributed by atoms with Crippen molar-refractivity contribution in [3.8, 4) is 5.69 Å². The van der Waals surface area contributed by atoms with Gasteiger partial charge in [-0.3, -0.25) is 0 Å². The molecule has 0 fully saturated rings. The number of aromatic nitrogens is 2. The van der Waals surface area contributed by atoms with Gasteiger partial charge in [0.1, 0.15) is 5.15 Å². The minimum atomic E-state index is -1.14. The third kappa shape index (κ3) is 3.54. The first-order valence-electron chi connectivity index (χ1n) is 8.33. The van der Waals surface area contributed by atoms with E-state index in [1.54, 1.807) is 6.92 Å². The fraction of sp³-hybridized carbons (Fsp3) is 0.0500. The summed E-state index contributed by atoms with van der Waals surface area (Å²) >= 11 is 12.4. The highest BCUT2D eigenvalue weighted by Gasteiger charge is 2.28. The molecule has 0 aliphatic carbocycles. The van der Waals surface area contributed by atoms with Crippen LogP contribution in [0.15, 0.2) is 53.2 Å². The van der Waals surface area contributed by atoms with Crippen molar-refractivity contribution in [2.24, 2.45) is 4.99 Å². The second-order valence-electron chi connectivity index (χ2n) is 6.12. The Kier molecular flexibility index (Phi) is 4.94. The van der Waals surface area contributed by atoms with Gasteiger partial charge < -0.3 is 4.74 Å². The molecule has 3 aromatic rings. The Labute approximate surface area is 173 Å². The first-order chi connectivity index (χ1) is 13.8. The maximum absolute atomic E-state index is 13.6. The number of benzene rings is 2. The summed E-state index contributed by atoms with van der Waals surface area (Å²) in [5.41, 5.74) is 1.68. The lowest BCUT2D eigenvalue weighted by atomic mass is 10.2. The number of hydrogen-bond donors (Lipinski definition) is 0. The molecular formula is C20H11Cl2F2N3O2. The quantitative estimate of drug-likeness (QED) is 0.327. The summed E-state index contributed by atoms with van der Waals surface area (Å²) in [7, 11) is 0. The molecule has 0 N–H and O–H groups in total. The van der Waals surface area contributed by atoms with E-state index in [-0.39, 0.29) is 27.3 Å². The Balaban J connectivity index is 1.75. The number of carbonyl (C=O) groups is 1. The van der Waals surface area contributed by atoms with Crippen LogP contribution in [0.2, 0.25) is 10.2 Å². The third-order valence-electron chi connectivity index (χ3n) is 4.19. The maximum Gasteiger partial charge on any atom is 0.363 e. The number of rotatable bonds is 3. The minimum Gasteiger partial charge on any atom is -0.402 e. The lowest BCUT2D eigenvalue weighted by Crippen LogP contribution is -2.07. The Bertz CT molecular complexity index is 1200. The van der Waals surface area contributed by atoms with E-state index in [1.807, 2.05) is 30.3 Å². The standard InChI is InChI=1S/C20H11Cl2F2N3O2/c1-10-12(18(22)27(26-10)11-5-3-2-4-6-11)8-17-20(28)29-19(25-17)13-7-15(23)16(24)9-14(13)21/h2-9H,1H3/b17-8-. The van der Waals surface area contributed by atoms with E-state index in [2.05, 4.69) is 10.1 Å². The molecule has 2 aromatic carbocycles. The van der Waals surface area contributed by atoms with E-state index < -0.39 is 17.6 Å². The highest BCUT2D eigenvalue weighted by molar-refractivity contribution is 6.34. The van der Waals surface area contributed by atoms with Crippen LogP contribution in [0.4, 0.5) is 8.78 Å². The van der Waals surface area contributed by atoms with Gasteiger partial charge >= 0.3 is 5.97 Å². The molecule has 0 bridgehead atoms. The Hall–Kier alpha value is -3.03. The Morgan fingerprint density at radius 2 is 1.79 bits per heavy atom. The smallest absolute Gasteiger partial charge is 0.363 e. The molecule has 5 nitrogen and oxygen atoms in total. The molecule has 0 unspecified atom stereocenters. The average Bonchev–Trinajstić information content (AvgIpc) is 3.20. The molecule has 0 saturated carbocycles. The van der Waals surface area contributed by atoms with Crippen LogP contribution in [-0.2, 0) is 9.53 Å². The molecule has 4 rings (SSSR count). The van der Waals surface area contributed by atoms with Crippen LogP contribution in [0, 0.1) is 18.6 Å². The molecule has 0 radical (unpaired) electrons. The second kappa shape index (κ2) is 7.42. The number of cyclic esters (lactones) is 1. The van der Waals surface area contributed by atoms with E-state index in [0.29, 0.717) is 11.3 Å². The summed E-state index contributed by atoms with van der Waals surface area (Å²) in [5.74, 6) is -3.25. The van der Waals surface area contributed by atoms with Crippen LogP contribution < -0.4 is 0 Å². The van der Waals surface area contributed by atoms with Crippen LogP contribution in [0.3, 0.4) is 0 Å². The SMILES string of the molecule is Cc1nn(-c2ccccc2)c(Cl)c1/C=C1\N=C(c2cc(F)c(F)cc2Cl)OC1=O. The van der Waals surface area contributed by atoms with Gasteiger partial charge in [-0.25, -0.2) is 23.2 Å².